The summed E-state index contributed by atoms with van der Waals surface area (Å²) in [6, 6.07) is 8.48. The maximum Gasteiger partial charge on any atom is 0.0543 e. The zero-order chi connectivity index (χ0) is 13.9. The zero-order valence-corrected chi connectivity index (χ0v) is 12.7. The first-order valence-corrected chi connectivity index (χ1v) is 7.96. The lowest BCUT2D eigenvalue weighted by atomic mass is 9.99. The molecule has 0 bridgehead atoms. The SMILES string of the molecule is CCCCCCCCC(O)CCc1ccccc1C. The van der Waals surface area contributed by atoms with E-state index in [1.54, 1.807) is 0 Å². The lowest BCUT2D eigenvalue weighted by molar-refractivity contribution is 0.151. The van der Waals surface area contributed by atoms with Gasteiger partial charge in [-0.3, -0.25) is 0 Å². The molecule has 0 aliphatic carbocycles. The van der Waals surface area contributed by atoms with Gasteiger partial charge in [-0.1, -0.05) is 69.7 Å². The fourth-order valence-electron chi connectivity index (χ4n) is 2.52. The second-order valence-corrected chi connectivity index (χ2v) is 5.68. The molecule has 0 aromatic heterocycles. The summed E-state index contributed by atoms with van der Waals surface area (Å²) in [6.07, 6.45) is 10.6. The van der Waals surface area contributed by atoms with Crippen LogP contribution in [0.5, 0.6) is 0 Å². The molecule has 0 fully saturated rings. The predicted octanol–water partition coefficient (Wildman–Crippen LogP) is 5.04. The minimum absolute atomic E-state index is 0.120. The molecule has 1 nitrogen and oxygen atoms in total. The van der Waals surface area contributed by atoms with E-state index in [0.717, 1.165) is 19.3 Å². The molecule has 1 atom stereocenters. The topological polar surface area (TPSA) is 20.2 Å². The van der Waals surface area contributed by atoms with Gasteiger partial charge in [0.2, 0.25) is 0 Å². The summed E-state index contributed by atoms with van der Waals surface area (Å²) in [4.78, 5) is 0. The van der Waals surface area contributed by atoms with Crippen molar-refractivity contribution in [3.63, 3.8) is 0 Å². The summed E-state index contributed by atoms with van der Waals surface area (Å²) in [5.41, 5.74) is 2.72. The van der Waals surface area contributed by atoms with Crippen LogP contribution in [0.4, 0.5) is 0 Å². The average molecular weight is 262 g/mol. The number of rotatable bonds is 10. The van der Waals surface area contributed by atoms with Gasteiger partial charge in [0.15, 0.2) is 0 Å². The van der Waals surface area contributed by atoms with Gasteiger partial charge in [-0.15, -0.1) is 0 Å². The van der Waals surface area contributed by atoms with E-state index in [9.17, 15) is 5.11 Å². The largest absolute Gasteiger partial charge is 0.393 e. The quantitative estimate of drug-likeness (QED) is 0.586. The molecule has 1 rings (SSSR count). The van der Waals surface area contributed by atoms with Crippen molar-refractivity contribution in [2.75, 3.05) is 0 Å². The van der Waals surface area contributed by atoms with E-state index in [1.807, 2.05) is 0 Å². The Labute approximate surface area is 119 Å². The van der Waals surface area contributed by atoms with Gasteiger partial charge in [-0.2, -0.15) is 0 Å². The molecule has 0 radical (unpaired) electrons. The molecule has 108 valence electrons. The van der Waals surface area contributed by atoms with E-state index >= 15 is 0 Å². The molecule has 1 N–H and O–H groups in total. The molecule has 1 aromatic rings. The molecule has 0 spiro atoms. The van der Waals surface area contributed by atoms with Crippen LogP contribution in [0.1, 0.15) is 69.4 Å². The van der Waals surface area contributed by atoms with Crippen molar-refractivity contribution < 1.29 is 5.11 Å². The fourth-order valence-corrected chi connectivity index (χ4v) is 2.52. The number of aryl methyl sites for hydroxylation is 2. The van der Waals surface area contributed by atoms with Crippen molar-refractivity contribution in [2.45, 2.75) is 77.7 Å². The highest BCUT2D eigenvalue weighted by molar-refractivity contribution is 5.25. The summed E-state index contributed by atoms with van der Waals surface area (Å²) in [5.74, 6) is 0. The first kappa shape index (κ1) is 16.2. The molecule has 0 aliphatic rings. The molecule has 0 amide bonds. The summed E-state index contributed by atoms with van der Waals surface area (Å²) < 4.78 is 0. The molecule has 0 saturated heterocycles. The van der Waals surface area contributed by atoms with Crippen molar-refractivity contribution in [2.24, 2.45) is 0 Å². The van der Waals surface area contributed by atoms with E-state index in [1.165, 1.54) is 49.7 Å². The third-order valence-electron chi connectivity index (χ3n) is 3.90. The van der Waals surface area contributed by atoms with Crippen molar-refractivity contribution in [3.05, 3.63) is 35.4 Å². The Morgan fingerprint density at radius 2 is 1.63 bits per heavy atom. The van der Waals surface area contributed by atoms with Crippen molar-refractivity contribution in [1.29, 1.82) is 0 Å². The molecular weight excluding hydrogens is 232 g/mol. The summed E-state index contributed by atoms with van der Waals surface area (Å²) >= 11 is 0. The normalized spacial score (nSPS) is 12.6. The third kappa shape index (κ3) is 7.37. The maximum atomic E-state index is 10.0. The van der Waals surface area contributed by atoms with Gasteiger partial charge in [-0.05, 0) is 37.3 Å². The Kier molecular flexibility index (Phi) is 8.57. The molecule has 1 aromatic carbocycles. The summed E-state index contributed by atoms with van der Waals surface area (Å²) in [6.45, 7) is 4.39. The first-order valence-electron chi connectivity index (χ1n) is 7.96. The van der Waals surface area contributed by atoms with Gasteiger partial charge < -0.3 is 5.11 Å². The average Bonchev–Trinajstić information content (AvgIpc) is 2.42. The van der Waals surface area contributed by atoms with Gasteiger partial charge in [0.05, 0.1) is 6.10 Å². The van der Waals surface area contributed by atoms with E-state index in [4.69, 9.17) is 0 Å². The van der Waals surface area contributed by atoms with E-state index in [-0.39, 0.29) is 6.10 Å². The van der Waals surface area contributed by atoms with Crippen LogP contribution in [0.2, 0.25) is 0 Å². The Hall–Kier alpha value is -0.820. The maximum absolute atomic E-state index is 10.0. The van der Waals surface area contributed by atoms with Crippen LogP contribution in [-0.2, 0) is 6.42 Å². The smallest absolute Gasteiger partial charge is 0.0543 e. The Balaban J connectivity index is 2.08. The van der Waals surface area contributed by atoms with E-state index in [2.05, 4.69) is 38.1 Å². The molecule has 0 heterocycles. The number of unbranched alkanes of at least 4 members (excludes halogenated alkanes) is 5. The third-order valence-corrected chi connectivity index (χ3v) is 3.90. The van der Waals surface area contributed by atoms with E-state index in [0.29, 0.717) is 0 Å². The van der Waals surface area contributed by atoms with Crippen LogP contribution >= 0.6 is 0 Å². The van der Waals surface area contributed by atoms with Crippen LogP contribution in [-0.4, -0.2) is 11.2 Å². The minimum Gasteiger partial charge on any atom is -0.393 e. The second kappa shape index (κ2) is 10.0. The first-order chi connectivity index (χ1) is 9.24. The molecule has 1 heteroatoms. The van der Waals surface area contributed by atoms with Crippen molar-refractivity contribution in [1.82, 2.24) is 0 Å². The number of benzene rings is 1. The fraction of sp³-hybridized carbons (Fsp3) is 0.667. The molecule has 19 heavy (non-hydrogen) atoms. The van der Waals surface area contributed by atoms with Crippen LogP contribution < -0.4 is 0 Å². The standard InChI is InChI=1S/C18H30O/c1-3-4-5-6-7-8-13-18(19)15-14-17-12-10-9-11-16(17)2/h9-12,18-19H,3-8,13-15H2,1-2H3. The number of hydrogen-bond donors (Lipinski definition) is 1. The predicted molar refractivity (Wildman–Crippen MR) is 83.5 cm³/mol. The molecule has 0 aliphatic heterocycles. The van der Waals surface area contributed by atoms with Crippen molar-refractivity contribution in [3.8, 4) is 0 Å². The Morgan fingerprint density at radius 3 is 2.37 bits per heavy atom. The monoisotopic (exact) mass is 262 g/mol. The van der Waals surface area contributed by atoms with E-state index < -0.39 is 0 Å². The second-order valence-electron chi connectivity index (χ2n) is 5.68. The van der Waals surface area contributed by atoms with Crippen LogP contribution in [0.15, 0.2) is 24.3 Å². The van der Waals surface area contributed by atoms with Crippen LogP contribution in [0, 0.1) is 6.92 Å². The minimum atomic E-state index is -0.120. The Morgan fingerprint density at radius 1 is 0.947 bits per heavy atom. The van der Waals surface area contributed by atoms with Gasteiger partial charge in [0.1, 0.15) is 0 Å². The van der Waals surface area contributed by atoms with Gasteiger partial charge in [0, 0.05) is 0 Å². The van der Waals surface area contributed by atoms with Gasteiger partial charge >= 0.3 is 0 Å². The highest BCUT2D eigenvalue weighted by atomic mass is 16.3. The number of aliphatic hydroxyl groups excluding tert-OH is 1. The van der Waals surface area contributed by atoms with Crippen molar-refractivity contribution >= 4 is 0 Å². The highest BCUT2D eigenvalue weighted by Gasteiger charge is 2.05. The Bertz CT molecular complexity index is 332. The number of aliphatic hydroxyl groups is 1. The number of hydrogen-bond acceptors (Lipinski definition) is 1. The zero-order valence-electron chi connectivity index (χ0n) is 12.7. The van der Waals surface area contributed by atoms with Crippen LogP contribution in [0.3, 0.4) is 0 Å². The highest BCUT2D eigenvalue weighted by Crippen LogP contribution is 2.14. The summed E-state index contributed by atoms with van der Waals surface area (Å²) in [7, 11) is 0. The van der Waals surface area contributed by atoms with Gasteiger partial charge in [0.25, 0.3) is 0 Å². The molecular formula is C18H30O. The van der Waals surface area contributed by atoms with Gasteiger partial charge in [-0.25, -0.2) is 0 Å². The molecule has 0 saturated carbocycles. The molecule has 1 unspecified atom stereocenters. The summed E-state index contributed by atoms with van der Waals surface area (Å²) in [5, 5.41) is 10.0. The lowest BCUT2D eigenvalue weighted by Gasteiger charge is -2.11. The lowest BCUT2D eigenvalue weighted by Crippen LogP contribution is -2.08. The van der Waals surface area contributed by atoms with Crippen LogP contribution in [0.25, 0.3) is 0 Å².